The van der Waals surface area contributed by atoms with Crippen LogP contribution >= 0.6 is 23.5 Å². The van der Waals surface area contributed by atoms with E-state index >= 15 is 0 Å². The normalized spacial score (nSPS) is 23.7. The molecule has 2 fully saturated rings. The zero-order valence-corrected chi connectivity index (χ0v) is 17.4. The molecule has 0 aromatic heterocycles. The van der Waals surface area contributed by atoms with Gasteiger partial charge in [-0.2, -0.15) is 23.5 Å². The molecule has 2 saturated heterocycles. The zero-order valence-electron chi connectivity index (χ0n) is 15.8. The number of ether oxygens (including phenoxy) is 1. The topological polar surface area (TPSA) is 35.9 Å². The van der Waals surface area contributed by atoms with Gasteiger partial charge in [0.1, 0.15) is 5.75 Å². The number of hydrogen-bond donors (Lipinski definition) is 1. The second-order valence-corrected chi connectivity index (χ2v) is 9.28. The van der Waals surface area contributed by atoms with Crippen molar-refractivity contribution in [1.82, 2.24) is 9.80 Å². The van der Waals surface area contributed by atoms with Crippen LogP contribution in [-0.2, 0) is 6.54 Å². The SMILES string of the molecule is CCOc1ccccc1CN1CCN(C2CSCCSC2)C[C@@H]1CCO. The summed E-state index contributed by atoms with van der Waals surface area (Å²) in [5, 5.41) is 9.60. The van der Waals surface area contributed by atoms with Crippen LogP contribution in [0.1, 0.15) is 18.9 Å². The summed E-state index contributed by atoms with van der Waals surface area (Å²) >= 11 is 4.20. The molecule has 3 rings (SSSR count). The average molecular weight is 397 g/mol. The molecule has 2 aliphatic heterocycles. The van der Waals surface area contributed by atoms with Crippen LogP contribution in [0.5, 0.6) is 5.75 Å². The van der Waals surface area contributed by atoms with Crippen molar-refractivity contribution >= 4 is 23.5 Å². The van der Waals surface area contributed by atoms with E-state index in [1.54, 1.807) is 0 Å². The molecule has 2 heterocycles. The van der Waals surface area contributed by atoms with Gasteiger partial charge < -0.3 is 9.84 Å². The van der Waals surface area contributed by atoms with Crippen LogP contribution in [0.25, 0.3) is 0 Å². The lowest BCUT2D eigenvalue weighted by Crippen LogP contribution is -2.56. The minimum atomic E-state index is 0.260. The number of rotatable bonds is 7. The third kappa shape index (κ3) is 5.55. The molecule has 0 radical (unpaired) electrons. The van der Waals surface area contributed by atoms with Crippen LogP contribution in [0.3, 0.4) is 0 Å². The molecule has 146 valence electrons. The fraction of sp³-hybridized carbons (Fsp3) is 0.700. The third-order valence-corrected chi connectivity index (χ3v) is 7.74. The first kappa shape index (κ1) is 20.3. The first-order valence-electron chi connectivity index (χ1n) is 9.77. The minimum Gasteiger partial charge on any atom is -0.494 e. The summed E-state index contributed by atoms with van der Waals surface area (Å²) in [6.45, 7) is 7.17. The molecule has 0 amide bonds. The highest BCUT2D eigenvalue weighted by molar-refractivity contribution is 8.03. The average Bonchev–Trinajstić information content (AvgIpc) is 2.94. The lowest BCUT2D eigenvalue weighted by Gasteiger charge is -2.44. The molecule has 1 N–H and O–H groups in total. The van der Waals surface area contributed by atoms with Crippen molar-refractivity contribution in [1.29, 1.82) is 0 Å². The van der Waals surface area contributed by atoms with Gasteiger partial charge >= 0.3 is 0 Å². The first-order chi connectivity index (χ1) is 12.8. The van der Waals surface area contributed by atoms with Gasteiger partial charge in [-0.3, -0.25) is 9.80 Å². The van der Waals surface area contributed by atoms with Gasteiger partial charge in [0.2, 0.25) is 0 Å². The molecule has 1 atom stereocenters. The van der Waals surface area contributed by atoms with E-state index in [-0.39, 0.29) is 6.61 Å². The fourth-order valence-electron chi connectivity index (χ4n) is 3.84. The third-order valence-electron chi connectivity index (χ3n) is 5.25. The summed E-state index contributed by atoms with van der Waals surface area (Å²) in [6.07, 6.45) is 0.848. The van der Waals surface area contributed by atoms with E-state index in [1.807, 2.05) is 13.0 Å². The van der Waals surface area contributed by atoms with Gasteiger partial charge in [-0.15, -0.1) is 0 Å². The Morgan fingerprint density at radius 2 is 1.92 bits per heavy atom. The van der Waals surface area contributed by atoms with E-state index in [9.17, 15) is 5.11 Å². The maximum atomic E-state index is 9.60. The highest BCUT2D eigenvalue weighted by Gasteiger charge is 2.31. The summed E-state index contributed by atoms with van der Waals surface area (Å²) in [6, 6.07) is 9.48. The quantitative estimate of drug-likeness (QED) is 0.764. The second-order valence-electron chi connectivity index (χ2n) is 6.98. The molecule has 0 aliphatic carbocycles. The van der Waals surface area contributed by atoms with Crippen molar-refractivity contribution < 1.29 is 9.84 Å². The van der Waals surface area contributed by atoms with Gasteiger partial charge in [0.15, 0.2) is 0 Å². The molecule has 4 nitrogen and oxygen atoms in total. The van der Waals surface area contributed by atoms with Crippen LogP contribution in [0.15, 0.2) is 24.3 Å². The van der Waals surface area contributed by atoms with Crippen LogP contribution in [0.4, 0.5) is 0 Å². The summed E-state index contributed by atoms with van der Waals surface area (Å²) in [4.78, 5) is 5.22. The number of piperazine rings is 1. The van der Waals surface area contributed by atoms with E-state index in [0.29, 0.717) is 18.7 Å². The lowest BCUT2D eigenvalue weighted by molar-refractivity contribution is 0.0402. The predicted octanol–water partition coefficient (Wildman–Crippen LogP) is 2.80. The second kappa shape index (κ2) is 10.8. The molecule has 0 spiro atoms. The van der Waals surface area contributed by atoms with E-state index in [2.05, 4.69) is 51.5 Å². The monoisotopic (exact) mass is 396 g/mol. The van der Waals surface area contributed by atoms with E-state index in [1.165, 1.54) is 28.6 Å². The minimum absolute atomic E-state index is 0.260. The maximum absolute atomic E-state index is 9.60. The number of nitrogens with zero attached hydrogens (tertiary/aromatic N) is 2. The molecule has 0 bridgehead atoms. The molecular weight excluding hydrogens is 364 g/mol. The molecule has 6 heteroatoms. The number of thioether (sulfide) groups is 2. The molecule has 2 aliphatic rings. The molecule has 1 aromatic rings. The smallest absolute Gasteiger partial charge is 0.123 e. The van der Waals surface area contributed by atoms with Crippen LogP contribution in [0, 0.1) is 0 Å². The Hall–Kier alpha value is -0.400. The number of aliphatic hydroxyl groups excluding tert-OH is 1. The number of para-hydroxylation sites is 1. The summed E-state index contributed by atoms with van der Waals surface area (Å²) in [5.74, 6) is 6.08. The predicted molar refractivity (Wildman–Crippen MR) is 114 cm³/mol. The Kier molecular flexibility index (Phi) is 8.46. The molecule has 0 saturated carbocycles. The molecule has 0 unspecified atom stereocenters. The van der Waals surface area contributed by atoms with Crippen molar-refractivity contribution in [2.75, 3.05) is 55.9 Å². The Bertz CT molecular complexity index is 538. The standard InChI is InChI=1S/C20H32N2O2S2/c1-2-24-20-6-4-3-5-17(20)13-21-8-9-22(14-18(21)7-10-23)19-15-25-11-12-26-16-19/h3-6,18-19,23H,2,7-16H2,1H3/t18-/m0/s1. The van der Waals surface area contributed by atoms with Gasteiger partial charge in [0, 0.05) is 73.4 Å². The Balaban J connectivity index is 1.65. The van der Waals surface area contributed by atoms with E-state index in [4.69, 9.17) is 4.74 Å². The van der Waals surface area contributed by atoms with Crippen molar-refractivity contribution in [3.05, 3.63) is 29.8 Å². The highest BCUT2D eigenvalue weighted by atomic mass is 32.2. The summed E-state index contributed by atoms with van der Waals surface area (Å²) in [7, 11) is 0. The Morgan fingerprint density at radius 1 is 1.15 bits per heavy atom. The van der Waals surface area contributed by atoms with Gasteiger partial charge in [0.25, 0.3) is 0 Å². The van der Waals surface area contributed by atoms with Gasteiger partial charge in [0.05, 0.1) is 6.61 Å². The number of benzene rings is 1. The van der Waals surface area contributed by atoms with Crippen molar-refractivity contribution in [3.8, 4) is 5.75 Å². The zero-order chi connectivity index (χ0) is 18.2. The van der Waals surface area contributed by atoms with Gasteiger partial charge in [-0.05, 0) is 19.4 Å². The van der Waals surface area contributed by atoms with Gasteiger partial charge in [-0.1, -0.05) is 18.2 Å². The number of aliphatic hydroxyl groups is 1. The lowest BCUT2D eigenvalue weighted by atomic mass is 10.1. The Labute approximate surface area is 166 Å². The maximum Gasteiger partial charge on any atom is 0.123 e. The Morgan fingerprint density at radius 3 is 2.65 bits per heavy atom. The highest BCUT2D eigenvalue weighted by Crippen LogP contribution is 2.26. The molecular formula is C20H32N2O2S2. The van der Waals surface area contributed by atoms with Crippen molar-refractivity contribution in [3.63, 3.8) is 0 Å². The van der Waals surface area contributed by atoms with Crippen molar-refractivity contribution in [2.24, 2.45) is 0 Å². The summed E-state index contributed by atoms with van der Waals surface area (Å²) in [5.41, 5.74) is 1.26. The first-order valence-corrected chi connectivity index (χ1v) is 12.1. The fourth-order valence-corrected chi connectivity index (χ4v) is 6.47. The summed E-state index contributed by atoms with van der Waals surface area (Å²) < 4.78 is 5.81. The van der Waals surface area contributed by atoms with Gasteiger partial charge in [-0.25, -0.2) is 0 Å². The van der Waals surface area contributed by atoms with E-state index < -0.39 is 0 Å². The van der Waals surface area contributed by atoms with Crippen LogP contribution in [-0.4, -0.2) is 82.8 Å². The number of hydrogen-bond acceptors (Lipinski definition) is 6. The molecule has 26 heavy (non-hydrogen) atoms. The largest absolute Gasteiger partial charge is 0.494 e. The van der Waals surface area contributed by atoms with Crippen LogP contribution in [0.2, 0.25) is 0 Å². The van der Waals surface area contributed by atoms with Crippen LogP contribution < -0.4 is 4.74 Å². The molecule has 1 aromatic carbocycles. The van der Waals surface area contributed by atoms with E-state index in [0.717, 1.165) is 38.3 Å². The van der Waals surface area contributed by atoms with Crippen molar-refractivity contribution in [2.45, 2.75) is 32.0 Å².